The van der Waals surface area contributed by atoms with Crippen molar-refractivity contribution in [2.75, 3.05) is 0 Å². The van der Waals surface area contributed by atoms with E-state index in [-0.39, 0.29) is 15.6 Å². The normalized spacial score (nSPS) is 28.0. The Morgan fingerprint density at radius 3 is 2.35 bits per heavy atom. The molecule has 23 heavy (non-hydrogen) atoms. The predicted molar refractivity (Wildman–Crippen MR) is 99.0 cm³/mol. The molecule has 0 amide bonds. The lowest BCUT2D eigenvalue weighted by Gasteiger charge is -2.30. The van der Waals surface area contributed by atoms with Gasteiger partial charge in [0.2, 0.25) is 0 Å². The van der Waals surface area contributed by atoms with E-state index in [4.69, 9.17) is 0 Å². The van der Waals surface area contributed by atoms with Crippen LogP contribution in [0.2, 0.25) is 0 Å². The van der Waals surface area contributed by atoms with Gasteiger partial charge in [-0.15, -0.1) is 0 Å². The zero-order valence-corrected chi connectivity index (χ0v) is 15.7. The number of nitriles is 2. The molecule has 0 aromatic heterocycles. The second-order valence-electron chi connectivity index (χ2n) is 5.87. The highest BCUT2D eigenvalue weighted by atomic mass is 79.9. The monoisotopic (exact) mass is 428 g/mol. The van der Waals surface area contributed by atoms with Gasteiger partial charge in [0.1, 0.15) is 0 Å². The minimum atomic E-state index is -1.19. The molecule has 3 rings (SSSR count). The van der Waals surface area contributed by atoms with Crippen molar-refractivity contribution < 1.29 is 0 Å². The van der Waals surface area contributed by atoms with E-state index in [1.807, 2.05) is 55.5 Å². The summed E-state index contributed by atoms with van der Waals surface area (Å²) in [6.45, 7) is 2.02. The molecule has 114 valence electrons. The first-order valence-electron chi connectivity index (χ1n) is 7.32. The van der Waals surface area contributed by atoms with Gasteiger partial charge in [-0.2, -0.15) is 10.5 Å². The maximum absolute atomic E-state index is 9.94. The zero-order chi connectivity index (χ0) is 16.6. The molecule has 3 atom stereocenters. The third kappa shape index (κ3) is 2.51. The molecule has 0 radical (unpaired) electrons. The van der Waals surface area contributed by atoms with Crippen molar-refractivity contribution in [2.45, 2.75) is 16.6 Å². The fourth-order valence-electron chi connectivity index (χ4n) is 3.25. The van der Waals surface area contributed by atoms with Crippen molar-refractivity contribution in [3.8, 4) is 12.1 Å². The molecule has 0 bridgehead atoms. The van der Waals surface area contributed by atoms with Crippen LogP contribution in [-0.2, 0) is 0 Å². The molecule has 2 nitrogen and oxygen atoms in total. The van der Waals surface area contributed by atoms with Crippen LogP contribution in [-0.4, -0.2) is 9.65 Å². The van der Waals surface area contributed by atoms with Gasteiger partial charge in [0.15, 0.2) is 5.41 Å². The topological polar surface area (TPSA) is 47.6 Å². The summed E-state index contributed by atoms with van der Waals surface area (Å²) in [5.41, 5.74) is 2.71. The largest absolute Gasteiger partial charge is 0.196 e. The van der Waals surface area contributed by atoms with Gasteiger partial charge >= 0.3 is 0 Å². The highest BCUT2D eigenvalue weighted by molar-refractivity contribution is 9.12. The molecule has 0 saturated heterocycles. The minimum absolute atomic E-state index is 0.0361. The number of rotatable bonds is 1. The van der Waals surface area contributed by atoms with Crippen molar-refractivity contribution in [3.63, 3.8) is 0 Å². The third-order valence-corrected chi connectivity index (χ3v) is 7.17. The van der Waals surface area contributed by atoms with Crippen LogP contribution in [0.15, 0.2) is 54.1 Å². The number of fused-ring (bicyclic) bond motifs is 1. The lowest BCUT2D eigenvalue weighted by molar-refractivity contribution is 0.476. The molecule has 0 fully saturated rings. The van der Waals surface area contributed by atoms with Crippen molar-refractivity contribution in [3.05, 3.63) is 65.3 Å². The number of hydrogen-bond donors (Lipinski definition) is 0. The summed E-state index contributed by atoms with van der Waals surface area (Å²) >= 11 is 7.33. The maximum atomic E-state index is 9.94. The summed E-state index contributed by atoms with van der Waals surface area (Å²) in [6, 6.07) is 12.6. The van der Waals surface area contributed by atoms with Gasteiger partial charge in [-0.3, -0.25) is 0 Å². The van der Waals surface area contributed by atoms with Gasteiger partial charge in [-0.05, 0) is 23.6 Å². The molecule has 2 aliphatic rings. The van der Waals surface area contributed by atoms with Crippen LogP contribution >= 0.6 is 31.9 Å². The SMILES string of the molecule is Cc1ccc(C2=CC3=CC=CC(Br)C(Br)C3C2(C#N)C#N)cc1. The molecule has 0 aliphatic heterocycles. The molecule has 4 heteroatoms. The average molecular weight is 430 g/mol. The third-order valence-electron chi connectivity index (χ3n) is 4.48. The number of allylic oxidation sites excluding steroid dienone is 6. The van der Waals surface area contributed by atoms with E-state index < -0.39 is 5.41 Å². The molecule has 3 unspecified atom stereocenters. The quantitative estimate of drug-likeness (QED) is 0.585. The van der Waals surface area contributed by atoms with E-state index in [1.54, 1.807) is 0 Å². The van der Waals surface area contributed by atoms with Crippen LogP contribution in [0.5, 0.6) is 0 Å². The summed E-state index contributed by atoms with van der Waals surface area (Å²) < 4.78 is 0. The Morgan fingerprint density at radius 1 is 1.09 bits per heavy atom. The Hall–Kier alpha value is -1.62. The molecular formula is C19H14Br2N2. The Bertz CT molecular complexity index is 789. The van der Waals surface area contributed by atoms with Crippen LogP contribution in [0, 0.1) is 40.9 Å². The number of benzene rings is 1. The van der Waals surface area contributed by atoms with Gasteiger partial charge in [0, 0.05) is 15.6 Å². The van der Waals surface area contributed by atoms with E-state index in [0.29, 0.717) is 0 Å². The number of aryl methyl sites for hydroxylation is 1. The van der Waals surface area contributed by atoms with Crippen LogP contribution in [0.1, 0.15) is 11.1 Å². The van der Waals surface area contributed by atoms with Gasteiger partial charge in [-0.1, -0.05) is 86.0 Å². The highest BCUT2D eigenvalue weighted by Crippen LogP contribution is 2.55. The molecule has 0 heterocycles. The number of halogens is 2. The molecule has 1 aromatic carbocycles. The Labute approximate surface area is 153 Å². The second kappa shape index (κ2) is 6.11. The Morgan fingerprint density at radius 2 is 1.74 bits per heavy atom. The van der Waals surface area contributed by atoms with Gasteiger partial charge < -0.3 is 0 Å². The van der Waals surface area contributed by atoms with E-state index >= 15 is 0 Å². The van der Waals surface area contributed by atoms with Gasteiger partial charge in [-0.25, -0.2) is 0 Å². The number of nitrogens with zero attached hydrogens (tertiary/aromatic N) is 2. The first-order valence-corrected chi connectivity index (χ1v) is 9.15. The first-order chi connectivity index (χ1) is 11.0. The fourth-order valence-corrected chi connectivity index (χ4v) is 4.61. The Kier molecular flexibility index (Phi) is 4.32. The number of hydrogen-bond acceptors (Lipinski definition) is 2. The minimum Gasteiger partial charge on any atom is -0.196 e. The van der Waals surface area contributed by atoms with Gasteiger partial charge in [0.05, 0.1) is 12.1 Å². The second-order valence-corrected chi connectivity index (χ2v) is 7.99. The van der Waals surface area contributed by atoms with Crippen LogP contribution in [0.25, 0.3) is 5.57 Å². The van der Waals surface area contributed by atoms with Crippen molar-refractivity contribution in [2.24, 2.45) is 11.3 Å². The van der Waals surface area contributed by atoms with Crippen LogP contribution in [0.4, 0.5) is 0 Å². The summed E-state index contributed by atoms with van der Waals surface area (Å²) in [7, 11) is 0. The summed E-state index contributed by atoms with van der Waals surface area (Å²) in [4.78, 5) is 0.0269. The van der Waals surface area contributed by atoms with Crippen molar-refractivity contribution in [1.29, 1.82) is 10.5 Å². The summed E-state index contributed by atoms with van der Waals surface area (Å²) in [5.74, 6) is -0.215. The molecule has 0 spiro atoms. The van der Waals surface area contributed by atoms with Crippen molar-refractivity contribution >= 4 is 37.4 Å². The molecular weight excluding hydrogens is 416 g/mol. The zero-order valence-electron chi connectivity index (χ0n) is 12.5. The molecule has 1 aromatic rings. The van der Waals surface area contributed by atoms with E-state index in [0.717, 1.165) is 22.3 Å². The number of alkyl halides is 2. The fraction of sp³-hybridized carbons (Fsp3) is 0.263. The summed E-state index contributed by atoms with van der Waals surface area (Å²) in [5, 5.41) is 19.9. The van der Waals surface area contributed by atoms with E-state index in [2.05, 4.69) is 44.0 Å². The molecule has 0 N–H and O–H groups in total. The van der Waals surface area contributed by atoms with E-state index in [1.165, 1.54) is 0 Å². The molecule has 0 saturated carbocycles. The maximum Gasteiger partial charge on any atom is 0.177 e. The lowest BCUT2D eigenvalue weighted by Crippen LogP contribution is -2.35. The van der Waals surface area contributed by atoms with E-state index in [9.17, 15) is 10.5 Å². The highest BCUT2D eigenvalue weighted by Gasteiger charge is 2.53. The molecule has 2 aliphatic carbocycles. The lowest BCUT2D eigenvalue weighted by atomic mass is 9.71. The van der Waals surface area contributed by atoms with Crippen molar-refractivity contribution in [1.82, 2.24) is 0 Å². The smallest absolute Gasteiger partial charge is 0.177 e. The first kappa shape index (κ1) is 16.2. The summed E-state index contributed by atoms with van der Waals surface area (Å²) in [6.07, 6.45) is 8.02. The van der Waals surface area contributed by atoms with Crippen LogP contribution in [0.3, 0.4) is 0 Å². The van der Waals surface area contributed by atoms with Gasteiger partial charge in [0.25, 0.3) is 0 Å². The predicted octanol–water partition coefficient (Wildman–Crippen LogP) is 5.06. The van der Waals surface area contributed by atoms with Crippen LogP contribution < -0.4 is 0 Å². The standard InChI is InChI=1S/C19H14Br2N2/c1-12-5-7-13(8-6-12)15-9-14-3-2-4-16(20)18(21)17(14)19(15,10-22)11-23/h2-9,16-18H,1H3. The average Bonchev–Trinajstić information content (AvgIpc) is 2.81. The Balaban J connectivity index is 2.20.